The number of thiocarbonyl (C=S) groups is 1. The molecule has 1 aromatic carbocycles. The summed E-state index contributed by atoms with van der Waals surface area (Å²) in [5.41, 5.74) is 1.18. The van der Waals surface area contributed by atoms with Crippen LogP contribution in [-0.2, 0) is 0 Å². The summed E-state index contributed by atoms with van der Waals surface area (Å²) in [7, 11) is 0. The van der Waals surface area contributed by atoms with Crippen molar-refractivity contribution in [3.8, 4) is 0 Å². The molecular formula is C12H15NS2. The first kappa shape index (κ1) is 11.0. The molecule has 80 valence electrons. The fourth-order valence-electron chi connectivity index (χ4n) is 1.84. The Morgan fingerprint density at radius 3 is 2.33 bits per heavy atom. The van der Waals surface area contributed by atoms with Crippen LogP contribution in [0.3, 0.4) is 0 Å². The highest BCUT2D eigenvalue weighted by molar-refractivity contribution is 7.98. The Bertz CT molecular complexity index is 339. The molecule has 1 aliphatic rings. The number of thioether (sulfide) groups is 1. The van der Waals surface area contributed by atoms with Crippen LogP contribution in [0.5, 0.6) is 0 Å². The minimum Gasteiger partial charge on any atom is -0.362 e. The van der Waals surface area contributed by atoms with Crippen LogP contribution < -0.4 is 0 Å². The van der Waals surface area contributed by atoms with Crippen molar-refractivity contribution in [1.82, 2.24) is 4.90 Å². The number of rotatable bonds is 2. The average molecular weight is 237 g/mol. The zero-order chi connectivity index (χ0) is 10.7. The van der Waals surface area contributed by atoms with Gasteiger partial charge >= 0.3 is 0 Å². The maximum atomic E-state index is 5.48. The second-order valence-corrected chi connectivity index (χ2v) is 4.99. The third-order valence-electron chi connectivity index (χ3n) is 2.73. The third-order valence-corrected chi connectivity index (χ3v) is 3.97. The van der Waals surface area contributed by atoms with Crippen molar-refractivity contribution >= 4 is 29.0 Å². The van der Waals surface area contributed by atoms with E-state index in [1.54, 1.807) is 11.8 Å². The molecule has 1 heterocycles. The van der Waals surface area contributed by atoms with Gasteiger partial charge in [0.25, 0.3) is 0 Å². The lowest BCUT2D eigenvalue weighted by atomic mass is 10.2. The summed E-state index contributed by atoms with van der Waals surface area (Å²) in [5.74, 6) is 0. The lowest BCUT2D eigenvalue weighted by Crippen LogP contribution is -2.26. The maximum absolute atomic E-state index is 5.48. The van der Waals surface area contributed by atoms with Crippen molar-refractivity contribution in [2.45, 2.75) is 17.7 Å². The van der Waals surface area contributed by atoms with E-state index in [1.165, 1.54) is 23.3 Å². The van der Waals surface area contributed by atoms with Crippen molar-refractivity contribution in [1.29, 1.82) is 0 Å². The quantitative estimate of drug-likeness (QED) is 0.574. The Morgan fingerprint density at radius 2 is 1.80 bits per heavy atom. The highest BCUT2D eigenvalue weighted by Gasteiger charge is 2.15. The van der Waals surface area contributed by atoms with Crippen LogP contribution in [0, 0.1) is 0 Å². The molecule has 15 heavy (non-hydrogen) atoms. The lowest BCUT2D eigenvalue weighted by molar-refractivity contribution is 0.530. The molecule has 3 heteroatoms. The van der Waals surface area contributed by atoms with E-state index in [0.29, 0.717) is 0 Å². The van der Waals surface area contributed by atoms with Crippen molar-refractivity contribution in [3.63, 3.8) is 0 Å². The first-order valence-corrected chi connectivity index (χ1v) is 6.88. The molecule has 0 aliphatic carbocycles. The Morgan fingerprint density at radius 1 is 1.20 bits per heavy atom. The topological polar surface area (TPSA) is 3.24 Å². The molecule has 0 bridgehead atoms. The van der Waals surface area contributed by atoms with Gasteiger partial charge in [-0.3, -0.25) is 0 Å². The van der Waals surface area contributed by atoms with E-state index in [2.05, 4.69) is 35.4 Å². The van der Waals surface area contributed by atoms with Gasteiger partial charge in [0.1, 0.15) is 4.99 Å². The highest BCUT2D eigenvalue weighted by Crippen LogP contribution is 2.18. The Hall–Kier alpha value is -0.540. The predicted molar refractivity (Wildman–Crippen MR) is 70.7 cm³/mol. The maximum Gasteiger partial charge on any atom is 0.109 e. The van der Waals surface area contributed by atoms with E-state index in [-0.39, 0.29) is 0 Å². The van der Waals surface area contributed by atoms with E-state index in [1.807, 2.05) is 0 Å². The van der Waals surface area contributed by atoms with Gasteiger partial charge in [0.2, 0.25) is 0 Å². The summed E-state index contributed by atoms with van der Waals surface area (Å²) in [6.07, 6.45) is 4.65. The molecule has 1 fully saturated rings. The monoisotopic (exact) mass is 237 g/mol. The van der Waals surface area contributed by atoms with Crippen LogP contribution in [0.15, 0.2) is 29.2 Å². The largest absolute Gasteiger partial charge is 0.362 e. The van der Waals surface area contributed by atoms with Gasteiger partial charge < -0.3 is 4.90 Å². The minimum absolute atomic E-state index is 1.01. The Balaban J connectivity index is 2.11. The molecule has 0 spiro atoms. The van der Waals surface area contributed by atoms with Gasteiger partial charge in [-0.25, -0.2) is 0 Å². The van der Waals surface area contributed by atoms with Crippen LogP contribution >= 0.6 is 24.0 Å². The molecule has 0 unspecified atom stereocenters. The Kier molecular flexibility index (Phi) is 3.65. The van der Waals surface area contributed by atoms with Gasteiger partial charge in [-0.15, -0.1) is 11.8 Å². The standard InChI is InChI=1S/C12H15NS2/c1-15-11-6-4-10(5-7-11)12(14)13-8-2-3-9-13/h4-7H,2-3,8-9H2,1H3. The summed E-state index contributed by atoms with van der Waals surface area (Å²) in [6.45, 7) is 2.26. The molecule has 0 radical (unpaired) electrons. The average Bonchev–Trinajstić information content (AvgIpc) is 2.82. The molecule has 1 aromatic rings. The molecule has 0 aromatic heterocycles. The SMILES string of the molecule is CSc1ccc(C(=S)N2CCCC2)cc1. The number of hydrogen-bond donors (Lipinski definition) is 0. The summed E-state index contributed by atoms with van der Waals surface area (Å²) >= 11 is 7.24. The Labute approximate surface area is 101 Å². The molecule has 0 amide bonds. The molecule has 1 saturated heterocycles. The molecule has 0 N–H and O–H groups in total. The third kappa shape index (κ3) is 2.52. The van der Waals surface area contributed by atoms with E-state index < -0.39 is 0 Å². The van der Waals surface area contributed by atoms with Gasteiger partial charge in [-0.05, 0) is 31.2 Å². The van der Waals surface area contributed by atoms with E-state index in [9.17, 15) is 0 Å². The summed E-state index contributed by atoms with van der Waals surface area (Å²) in [6, 6.07) is 8.55. The molecule has 0 saturated carbocycles. The van der Waals surface area contributed by atoms with Crippen LogP contribution in [0.2, 0.25) is 0 Å². The lowest BCUT2D eigenvalue weighted by Gasteiger charge is -2.18. The number of hydrogen-bond acceptors (Lipinski definition) is 2. The minimum atomic E-state index is 1.01. The zero-order valence-electron chi connectivity index (χ0n) is 8.90. The van der Waals surface area contributed by atoms with E-state index >= 15 is 0 Å². The van der Waals surface area contributed by atoms with E-state index in [4.69, 9.17) is 12.2 Å². The van der Waals surface area contributed by atoms with Crippen molar-refractivity contribution < 1.29 is 0 Å². The summed E-state index contributed by atoms with van der Waals surface area (Å²) in [5, 5.41) is 0. The first-order valence-electron chi connectivity index (χ1n) is 5.24. The van der Waals surface area contributed by atoms with Gasteiger partial charge in [0, 0.05) is 23.5 Å². The zero-order valence-corrected chi connectivity index (χ0v) is 10.5. The molecular weight excluding hydrogens is 222 g/mol. The van der Waals surface area contributed by atoms with Crippen molar-refractivity contribution in [2.24, 2.45) is 0 Å². The molecule has 1 nitrogen and oxygen atoms in total. The molecule has 2 rings (SSSR count). The smallest absolute Gasteiger partial charge is 0.109 e. The number of likely N-dealkylation sites (tertiary alicyclic amines) is 1. The molecule has 0 atom stereocenters. The second-order valence-electron chi connectivity index (χ2n) is 3.73. The molecule has 1 aliphatic heterocycles. The first-order chi connectivity index (χ1) is 7.31. The fourth-order valence-corrected chi connectivity index (χ4v) is 2.56. The van der Waals surface area contributed by atoms with Gasteiger partial charge in [0.05, 0.1) is 0 Å². The van der Waals surface area contributed by atoms with Crippen LogP contribution in [0.25, 0.3) is 0 Å². The summed E-state index contributed by atoms with van der Waals surface area (Å²) in [4.78, 5) is 4.62. The summed E-state index contributed by atoms with van der Waals surface area (Å²) < 4.78 is 0. The van der Waals surface area contributed by atoms with Gasteiger partial charge in [-0.1, -0.05) is 24.4 Å². The van der Waals surface area contributed by atoms with Crippen molar-refractivity contribution in [3.05, 3.63) is 29.8 Å². The van der Waals surface area contributed by atoms with Crippen LogP contribution in [0.1, 0.15) is 18.4 Å². The fraction of sp³-hybridized carbons (Fsp3) is 0.417. The number of nitrogens with zero attached hydrogens (tertiary/aromatic N) is 1. The van der Waals surface area contributed by atoms with E-state index in [0.717, 1.165) is 18.1 Å². The second kappa shape index (κ2) is 4.99. The van der Waals surface area contributed by atoms with Gasteiger partial charge in [-0.2, -0.15) is 0 Å². The van der Waals surface area contributed by atoms with Gasteiger partial charge in [0.15, 0.2) is 0 Å². The van der Waals surface area contributed by atoms with Crippen molar-refractivity contribution in [2.75, 3.05) is 19.3 Å². The predicted octanol–water partition coefficient (Wildman–Crippen LogP) is 3.18. The van der Waals surface area contributed by atoms with Crippen LogP contribution in [-0.4, -0.2) is 29.2 Å². The van der Waals surface area contributed by atoms with Crippen LogP contribution in [0.4, 0.5) is 0 Å². The highest BCUT2D eigenvalue weighted by atomic mass is 32.2. The normalized spacial score (nSPS) is 15.7. The number of benzene rings is 1.